The number of unbranched alkanes of at least 4 members (excludes halogenated alkanes) is 2. The monoisotopic (exact) mass is 412 g/mol. The molecule has 1 atom stereocenters. The van der Waals surface area contributed by atoms with Gasteiger partial charge in [-0.1, -0.05) is 44.0 Å². The molecular weight excluding hydrogens is 391 g/mol. The highest BCUT2D eigenvalue weighted by molar-refractivity contribution is 6.46. The van der Waals surface area contributed by atoms with Gasteiger partial charge < -0.3 is 10.0 Å². The summed E-state index contributed by atoms with van der Waals surface area (Å²) in [6.07, 6.45) is 2.43. The number of non-ortho nitro benzene ring substituents is 1. The first kappa shape index (κ1) is 21.2. The van der Waals surface area contributed by atoms with Crippen LogP contribution in [-0.2, 0) is 9.59 Å². The van der Waals surface area contributed by atoms with E-state index >= 15 is 0 Å². The summed E-state index contributed by atoms with van der Waals surface area (Å²) < 4.78 is 13.4. The van der Waals surface area contributed by atoms with Crippen molar-refractivity contribution in [3.05, 3.63) is 81.2 Å². The quantitative estimate of drug-likeness (QED) is 0.182. The molecule has 30 heavy (non-hydrogen) atoms. The number of nitrogens with zero attached hydrogens (tertiary/aromatic N) is 2. The Bertz CT molecular complexity index is 1020. The Morgan fingerprint density at radius 1 is 1.17 bits per heavy atom. The molecule has 1 N–H and O–H groups in total. The summed E-state index contributed by atoms with van der Waals surface area (Å²) in [5, 5.41) is 21.9. The number of aliphatic hydroxyl groups excluding tert-OH is 1. The van der Waals surface area contributed by atoms with E-state index in [2.05, 4.69) is 0 Å². The van der Waals surface area contributed by atoms with Crippen LogP contribution in [0, 0.1) is 15.9 Å². The van der Waals surface area contributed by atoms with Crippen LogP contribution in [0.15, 0.2) is 54.1 Å². The molecule has 8 heteroatoms. The standard InChI is InChI=1S/C22H21FN2O5/c1-2-3-4-12-24-19(14-8-10-16(23)11-9-14)18(21(27)22(24)28)20(26)15-6-5-7-17(13-15)25(29)30/h5-11,13,19,26H,2-4,12H2,1H3/b20-18-. The number of Topliss-reactive ketones (excluding diaryl/α,β-unsaturated/α-hetero) is 1. The third-order valence-corrected chi connectivity index (χ3v) is 5.06. The Kier molecular flexibility index (Phi) is 6.25. The summed E-state index contributed by atoms with van der Waals surface area (Å²) in [5.41, 5.74) is 0.111. The molecule has 0 saturated carbocycles. The number of amides is 1. The molecule has 2 aromatic carbocycles. The minimum atomic E-state index is -0.901. The van der Waals surface area contributed by atoms with Crippen LogP contribution in [0.4, 0.5) is 10.1 Å². The van der Waals surface area contributed by atoms with E-state index in [1.165, 1.54) is 47.4 Å². The molecule has 1 aliphatic rings. The summed E-state index contributed by atoms with van der Waals surface area (Å²) in [4.78, 5) is 37.4. The molecule has 1 amide bonds. The number of nitro groups is 1. The fourth-order valence-electron chi connectivity index (χ4n) is 3.56. The average Bonchev–Trinajstić information content (AvgIpc) is 2.99. The van der Waals surface area contributed by atoms with E-state index in [0.29, 0.717) is 18.5 Å². The smallest absolute Gasteiger partial charge is 0.295 e. The number of nitro benzene ring substituents is 1. The topological polar surface area (TPSA) is 101 Å². The van der Waals surface area contributed by atoms with E-state index in [1.54, 1.807) is 0 Å². The van der Waals surface area contributed by atoms with Gasteiger partial charge in [0.05, 0.1) is 16.5 Å². The number of hydrogen-bond acceptors (Lipinski definition) is 5. The van der Waals surface area contributed by atoms with Crippen LogP contribution >= 0.6 is 0 Å². The second-order valence-corrected chi connectivity index (χ2v) is 7.06. The summed E-state index contributed by atoms with van der Waals surface area (Å²) in [7, 11) is 0. The lowest BCUT2D eigenvalue weighted by molar-refractivity contribution is -0.384. The number of aliphatic hydroxyl groups is 1. The van der Waals surface area contributed by atoms with Crippen LogP contribution in [0.1, 0.15) is 43.4 Å². The van der Waals surface area contributed by atoms with Gasteiger partial charge >= 0.3 is 0 Å². The highest BCUT2D eigenvalue weighted by Crippen LogP contribution is 2.39. The summed E-state index contributed by atoms with van der Waals surface area (Å²) in [6, 6.07) is 9.66. The van der Waals surface area contributed by atoms with Crippen molar-refractivity contribution >= 4 is 23.1 Å². The predicted molar refractivity (Wildman–Crippen MR) is 108 cm³/mol. The van der Waals surface area contributed by atoms with Crippen LogP contribution in [0.3, 0.4) is 0 Å². The third kappa shape index (κ3) is 4.07. The number of carbonyl (C=O) groups excluding carboxylic acids is 2. The molecule has 3 rings (SSSR count). The Morgan fingerprint density at radius 3 is 2.50 bits per heavy atom. The fraction of sp³-hybridized carbons (Fsp3) is 0.273. The molecule has 2 aromatic rings. The SMILES string of the molecule is CCCCCN1C(=O)C(=O)/C(=C(\O)c2cccc([N+](=O)[O-])c2)C1c1ccc(F)cc1. The third-order valence-electron chi connectivity index (χ3n) is 5.06. The van der Waals surface area contributed by atoms with Crippen LogP contribution in [0.5, 0.6) is 0 Å². The van der Waals surface area contributed by atoms with E-state index < -0.39 is 34.2 Å². The Balaban J connectivity index is 2.13. The van der Waals surface area contributed by atoms with E-state index in [1.807, 2.05) is 6.92 Å². The molecule has 0 spiro atoms. The second-order valence-electron chi connectivity index (χ2n) is 7.06. The first-order valence-corrected chi connectivity index (χ1v) is 9.63. The molecule has 1 saturated heterocycles. The van der Waals surface area contributed by atoms with Crippen molar-refractivity contribution in [1.82, 2.24) is 4.90 Å². The van der Waals surface area contributed by atoms with Gasteiger partial charge in [0.1, 0.15) is 11.6 Å². The van der Waals surface area contributed by atoms with Crippen LogP contribution in [-0.4, -0.2) is 33.2 Å². The molecule has 0 aromatic heterocycles. The van der Waals surface area contributed by atoms with E-state index in [9.17, 15) is 29.2 Å². The first-order chi connectivity index (χ1) is 14.3. The molecule has 0 radical (unpaired) electrons. The Labute approximate surface area is 172 Å². The van der Waals surface area contributed by atoms with Crippen molar-refractivity contribution in [3.63, 3.8) is 0 Å². The van der Waals surface area contributed by atoms with Gasteiger partial charge in [-0.25, -0.2) is 4.39 Å². The van der Waals surface area contributed by atoms with Crippen LogP contribution < -0.4 is 0 Å². The van der Waals surface area contributed by atoms with Crippen molar-refractivity contribution < 1.29 is 24.0 Å². The van der Waals surface area contributed by atoms with Gasteiger partial charge in [0, 0.05) is 24.2 Å². The zero-order valence-corrected chi connectivity index (χ0v) is 16.4. The number of hydrogen-bond donors (Lipinski definition) is 1. The largest absolute Gasteiger partial charge is 0.507 e. The van der Waals surface area contributed by atoms with Crippen molar-refractivity contribution in [2.75, 3.05) is 6.54 Å². The molecule has 1 unspecified atom stereocenters. The van der Waals surface area contributed by atoms with E-state index in [0.717, 1.165) is 18.9 Å². The van der Waals surface area contributed by atoms with Gasteiger partial charge in [0.15, 0.2) is 0 Å². The van der Waals surface area contributed by atoms with Crippen molar-refractivity contribution in [1.29, 1.82) is 0 Å². The minimum Gasteiger partial charge on any atom is -0.507 e. The van der Waals surface area contributed by atoms with Crippen LogP contribution in [0.2, 0.25) is 0 Å². The molecule has 0 aliphatic carbocycles. The average molecular weight is 412 g/mol. The van der Waals surface area contributed by atoms with Gasteiger partial charge in [-0.05, 0) is 24.1 Å². The predicted octanol–water partition coefficient (Wildman–Crippen LogP) is 4.35. The zero-order valence-electron chi connectivity index (χ0n) is 16.4. The van der Waals surface area contributed by atoms with E-state index in [-0.39, 0.29) is 16.8 Å². The van der Waals surface area contributed by atoms with Gasteiger partial charge in [0.2, 0.25) is 0 Å². The molecule has 1 aliphatic heterocycles. The number of carbonyl (C=O) groups is 2. The van der Waals surface area contributed by atoms with Gasteiger partial charge in [-0.15, -0.1) is 0 Å². The lowest BCUT2D eigenvalue weighted by Crippen LogP contribution is -2.30. The molecule has 0 bridgehead atoms. The molecule has 1 heterocycles. The van der Waals surface area contributed by atoms with Gasteiger partial charge in [-0.3, -0.25) is 19.7 Å². The van der Waals surface area contributed by atoms with Gasteiger partial charge in [0.25, 0.3) is 17.4 Å². The highest BCUT2D eigenvalue weighted by atomic mass is 19.1. The number of ketones is 1. The Hall–Kier alpha value is -3.55. The number of benzene rings is 2. The lowest BCUT2D eigenvalue weighted by Gasteiger charge is -2.25. The lowest BCUT2D eigenvalue weighted by atomic mass is 9.95. The van der Waals surface area contributed by atoms with Crippen molar-refractivity contribution in [2.45, 2.75) is 32.2 Å². The molecular formula is C22H21FN2O5. The maximum atomic E-state index is 13.4. The Morgan fingerprint density at radius 2 is 1.87 bits per heavy atom. The maximum absolute atomic E-state index is 13.4. The maximum Gasteiger partial charge on any atom is 0.295 e. The summed E-state index contributed by atoms with van der Waals surface area (Å²) >= 11 is 0. The first-order valence-electron chi connectivity index (χ1n) is 9.63. The summed E-state index contributed by atoms with van der Waals surface area (Å²) in [6.45, 7) is 2.31. The van der Waals surface area contributed by atoms with Crippen LogP contribution in [0.25, 0.3) is 5.76 Å². The fourth-order valence-corrected chi connectivity index (χ4v) is 3.56. The molecule has 7 nitrogen and oxygen atoms in total. The van der Waals surface area contributed by atoms with Crippen molar-refractivity contribution in [3.8, 4) is 0 Å². The van der Waals surface area contributed by atoms with E-state index in [4.69, 9.17) is 0 Å². The zero-order chi connectivity index (χ0) is 21.8. The molecule has 1 fully saturated rings. The number of rotatable bonds is 7. The highest BCUT2D eigenvalue weighted by Gasteiger charge is 2.45. The number of likely N-dealkylation sites (tertiary alicyclic amines) is 1. The summed E-state index contributed by atoms with van der Waals surface area (Å²) in [5.74, 6) is -2.60. The molecule has 156 valence electrons. The normalized spacial score (nSPS) is 18.1. The van der Waals surface area contributed by atoms with Gasteiger partial charge in [-0.2, -0.15) is 0 Å². The number of halogens is 1. The minimum absolute atomic E-state index is 0.0582. The second kappa shape index (κ2) is 8.86. The van der Waals surface area contributed by atoms with Crippen molar-refractivity contribution in [2.24, 2.45) is 0 Å².